The Balaban J connectivity index is 4.04. The minimum Gasteiger partial charge on any atom is -0.462 e. The predicted molar refractivity (Wildman–Crippen MR) is 343 cm³/mol. The van der Waals surface area contributed by atoms with Crippen LogP contribution in [0.5, 0.6) is 0 Å². The van der Waals surface area contributed by atoms with Crippen molar-refractivity contribution in [2.24, 2.45) is 0 Å². The van der Waals surface area contributed by atoms with Crippen LogP contribution in [0.2, 0.25) is 0 Å². The summed E-state index contributed by atoms with van der Waals surface area (Å²) >= 11 is 0. The maximum absolute atomic E-state index is 12.8. The Hall–Kier alpha value is -4.19. The van der Waals surface area contributed by atoms with Crippen molar-refractivity contribution in [3.05, 3.63) is 122 Å². The molecule has 0 spiro atoms. The summed E-state index contributed by atoms with van der Waals surface area (Å²) in [7, 11) is 0. The highest BCUT2D eigenvalue weighted by Gasteiger charge is 2.19. The van der Waals surface area contributed by atoms with E-state index in [9.17, 15) is 14.4 Å². The van der Waals surface area contributed by atoms with Gasteiger partial charge in [-0.15, -0.1) is 0 Å². The Kier molecular flexibility index (Phi) is 62.8. The van der Waals surface area contributed by atoms with Crippen LogP contribution in [-0.4, -0.2) is 37.2 Å². The summed E-state index contributed by atoms with van der Waals surface area (Å²) in [5.74, 6) is -0.892. The third-order valence-corrected chi connectivity index (χ3v) is 14.0. The molecule has 0 fully saturated rings. The van der Waals surface area contributed by atoms with Crippen LogP contribution in [0, 0.1) is 0 Å². The summed E-state index contributed by atoms with van der Waals surface area (Å²) in [6.07, 6.45) is 92.6. The molecule has 6 heteroatoms. The summed E-state index contributed by atoms with van der Waals surface area (Å²) in [5.41, 5.74) is 0. The maximum Gasteiger partial charge on any atom is 0.306 e. The number of esters is 3. The van der Waals surface area contributed by atoms with Crippen LogP contribution >= 0.6 is 0 Å². The van der Waals surface area contributed by atoms with E-state index >= 15 is 0 Å². The molecule has 0 aromatic rings. The zero-order valence-electron chi connectivity index (χ0n) is 51.6. The number of carbonyl (C=O) groups excluding carboxylic acids is 3. The number of rotatable bonds is 59. The average Bonchev–Trinajstić information content (AvgIpc) is 3.45. The van der Waals surface area contributed by atoms with E-state index in [2.05, 4.69) is 142 Å². The first kappa shape index (κ1) is 74.8. The molecule has 0 amide bonds. The predicted octanol–water partition coefficient (Wildman–Crippen LogP) is 22.8. The minimum absolute atomic E-state index is 0.0798. The van der Waals surface area contributed by atoms with Crippen LogP contribution in [0.3, 0.4) is 0 Å². The quantitative estimate of drug-likeness (QED) is 0.0261. The van der Waals surface area contributed by atoms with Crippen LogP contribution in [0.15, 0.2) is 122 Å². The van der Waals surface area contributed by atoms with E-state index in [1.165, 1.54) is 135 Å². The molecule has 0 bridgehead atoms. The van der Waals surface area contributed by atoms with E-state index < -0.39 is 6.10 Å². The lowest BCUT2D eigenvalue weighted by Gasteiger charge is -2.18. The van der Waals surface area contributed by atoms with E-state index in [4.69, 9.17) is 14.2 Å². The van der Waals surface area contributed by atoms with Crippen molar-refractivity contribution in [3.63, 3.8) is 0 Å². The van der Waals surface area contributed by atoms with E-state index in [1.807, 2.05) is 0 Å². The standard InChI is InChI=1S/C73H122O6/c1-4-7-10-13-15-17-19-21-23-25-27-29-31-33-35-36-38-39-41-43-45-47-49-51-53-55-57-60-63-66-72(75)78-69-70(68-77-71(74)65-62-59-12-9-6-3)79-73(76)67-64-61-58-56-54-52-50-48-46-44-42-40-37-34-32-30-28-26-24-22-20-18-16-14-11-8-5-2/h7-8,10-11,15-18,21-24,27-30,33,35,38-39,70H,4-6,9,12-14,19-20,25-26,31-32,34,36-37,40-69H2,1-3H3/b10-7-,11-8-,17-15-,18-16-,23-21-,24-22-,29-27-,30-28-,35-33-,39-38-. The molecule has 0 aliphatic carbocycles. The second kappa shape index (κ2) is 66.3. The first-order chi connectivity index (χ1) is 39.0. The number of hydrogen-bond acceptors (Lipinski definition) is 6. The van der Waals surface area contributed by atoms with Gasteiger partial charge >= 0.3 is 17.9 Å². The largest absolute Gasteiger partial charge is 0.462 e. The van der Waals surface area contributed by atoms with Crippen LogP contribution < -0.4 is 0 Å². The van der Waals surface area contributed by atoms with Gasteiger partial charge in [0.25, 0.3) is 0 Å². The maximum atomic E-state index is 12.8. The second-order valence-electron chi connectivity index (χ2n) is 21.6. The van der Waals surface area contributed by atoms with E-state index in [-0.39, 0.29) is 31.1 Å². The molecule has 0 aromatic carbocycles. The van der Waals surface area contributed by atoms with E-state index in [0.717, 1.165) is 128 Å². The molecule has 0 aliphatic rings. The molecule has 0 aromatic heterocycles. The van der Waals surface area contributed by atoms with Gasteiger partial charge in [-0.25, -0.2) is 0 Å². The van der Waals surface area contributed by atoms with Gasteiger partial charge in [0.2, 0.25) is 0 Å². The zero-order chi connectivity index (χ0) is 57.1. The molecule has 0 aliphatic heterocycles. The molecule has 6 nitrogen and oxygen atoms in total. The molecule has 450 valence electrons. The SMILES string of the molecule is CC/C=C\C/C=C\C/C=C\C/C=C\C/C=C\C/C=C\CCCCCCCCCCCCC(=O)OCC(COC(=O)CCCCCCC)OC(=O)CCCCCCCCCCCCCCCC/C=C\C/C=C\C/C=C\C/C=C\CC. The molecular weight excluding hydrogens is 973 g/mol. The van der Waals surface area contributed by atoms with E-state index in [0.29, 0.717) is 19.3 Å². The molecule has 0 radical (unpaired) electrons. The third-order valence-electron chi connectivity index (χ3n) is 14.0. The van der Waals surface area contributed by atoms with Gasteiger partial charge in [0.15, 0.2) is 6.10 Å². The van der Waals surface area contributed by atoms with Crippen LogP contribution in [-0.2, 0) is 28.6 Å². The van der Waals surface area contributed by atoms with Crippen LogP contribution in [0.4, 0.5) is 0 Å². The highest BCUT2D eigenvalue weighted by atomic mass is 16.6. The average molecular weight is 1100 g/mol. The fourth-order valence-electron chi connectivity index (χ4n) is 9.09. The molecule has 1 atom stereocenters. The highest BCUT2D eigenvalue weighted by molar-refractivity contribution is 5.71. The Morgan fingerprint density at radius 1 is 0.266 bits per heavy atom. The topological polar surface area (TPSA) is 78.9 Å². The van der Waals surface area contributed by atoms with E-state index in [1.54, 1.807) is 0 Å². The third kappa shape index (κ3) is 64.5. The van der Waals surface area contributed by atoms with Crippen LogP contribution in [0.25, 0.3) is 0 Å². The Labute approximate surface area is 488 Å². The molecule has 1 unspecified atom stereocenters. The van der Waals surface area contributed by atoms with Gasteiger partial charge < -0.3 is 14.2 Å². The number of allylic oxidation sites excluding steroid dienone is 20. The Morgan fingerprint density at radius 2 is 0.494 bits per heavy atom. The smallest absolute Gasteiger partial charge is 0.306 e. The summed E-state index contributed by atoms with van der Waals surface area (Å²) < 4.78 is 16.8. The lowest BCUT2D eigenvalue weighted by Crippen LogP contribution is -2.30. The Morgan fingerprint density at radius 3 is 0.772 bits per heavy atom. The van der Waals surface area contributed by atoms with Crippen molar-refractivity contribution >= 4 is 17.9 Å². The van der Waals surface area contributed by atoms with Crippen molar-refractivity contribution in [1.29, 1.82) is 0 Å². The molecule has 0 rings (SSSR count). The van der Waals surface area contributed by atoms with Gasteiger partial charge in [-0.3, -0.25) is 14.4 Å². The molecule has 79 heavy (non-hydrogen) atoms. The number of carbonyl (C=O) groups is 3. The zero-order valence-corrected chi connectivity index (χ0v) is 51.6. The molecule has 0 saturated carbocycles. The fraction of sp³-hybridized carbons (Fsp3) is 0.685. The van der Waals surface area contributed by atoms with Gasteiger partial charge in [0, 0.05) is 19.3 Å². The molecule has 0 heterocycles. The van der Waals surface area contributed by atoms with Gasteiger partial charge in [0.05, 0.1) is 0 Å². The summed E-state index contributed by atoms with van der Waals surface area (Å²) in [4.78, 5) is 38.0. The fourth-order valence-corrected chi connectivity index (χ4v) is 9.09. The second-order valence-corrected chi connectivity index (χ2v) is 21.6. The van der Waals surface area contributed by atoms with Gasteiger partial charge in [-0.1, -0.05) is 296 Å². The normalized spacial score (nSPS) is 12.9. The summed E-state index contributed by atoms with van der Waals surface area (Å²) in [6, 6.07) is 0. The first-order valence-corrected chi connectivity index (χ1v) is 33.0. The van der Waals surface area contributed by atoms with Gasteiger partial charge in [0.1, 0.15) is 13.2 Å². The number of ether oxygens (including phenoxy) is 3. The first-order valence-electron chi connectivity index (χ1n) is 33.0. The number of unbranched alkanes of at least 4 members (excludes halogenated alkanes) is 28. The molecule has 0 saturated heterocycles. The van der Waals surface area contributed by atoms with Crippen molar-refractivity contribution < 1.29 is 28.6 Å². The monoisotopic (exact) mass is 1090 g/mol. The summed E-state index contributed by atoms with van der Waals surface area (Å²) in [6.45, 7) is 6.34. The van der Waals surface area contributed by atoms with Crippen molar-refractivity contribution in [3.8, 4) is 0 Å². The van der Waals surface area contributed by atoms with Crippen molar-refractivity contribution in [2.75, 3.05) is 13.2 Å². The lowest BCUT2D eigenvalue weighted by atomic mass is 10.0. The number of hydrogen-bond donors (Lipinski definition) is 0. The lowest BCUT2D eigenvalue weighted by molar-refractivity contribution is -0.167. The van der Waals surface area contributed by atoms with Crippen molar-refractivity contribution in [1.82, 2.24) is 0 Å². The summed E-state index contributed by atoms with van der Waals surface area (Å²) in [5, 5.41) is 0. The van der Waals surface area contributed by atoms with Crippen molar-refractivity contribution in [2.45, 2.75) is 309 Å². The highest BCUT2D eigenvalue weighted by Crippen LogP contribution is 2.16. The van der Waals surface area contributed by atoms with Crippen LogP contribution in [0.1, 0.15) is 303 Å². The minimum atomic E-state index is -0.779. The van der Waals surface area contributed by atoms with Gasteiger partial charge in [-0.05, 0) is 109 Å². The Bertz CT molecular complexity index is 1640. The molecule has 0 N–H and O–H groups in total. The van der Waals surface area contributed by atoms with Gasteiger partial charge in [-0.2, -0.15) is 0 Å². The molecular formula is C73H122O6.